The van der Waals surface area contributed by atoms with Crippen molar-refractivity contribution >= 4 is 23.3 Å². The zero-order valence-electron chi connectivity index (χ0n) is 16.0. The van der Waals surface area contributed by atoms with Gasteiger partial charge in [0.25, 0.3) is 0 Å². The molecule has 1 aromatic rings. The van der Waals surface area contributed by atoms with E-state index < -0.39 is 12.1 Å². The van der Waals surface area contributed by atoms with E-state index in [2.05, 4.69) is 4.90 Å². The van der Waals surface area contributed by atoms with Gasteiger partial charge >= 0.3 is 5.97 Å². The summed E-state index contributed by atoms with van der Waals surface area (Å²) >= 11 is 6.11. The lowest BCUT2D eigenvalue weighted by molar-refractivity contribution is -0.0160. The van der Waals surface area contributed by atoms with Crippen molar-refractivity contribution in [1.29, 1.82) is 0 Å². The van der Waals surface area contributed by atoms with Gasteiger partial charge in [-0.1, -0.05) is 11.6 Å². The van der Waals surface area contributed by atoms with E-state index in [1.165, 1.54) is 6.07 Å². The molecular weight excluding hydrogens is 388 g/mol. The summed E-state index contributed by atoms with van der Waals surface area (Å²) in [4.78, 5) is 14.8. The number of piperidine rings is 1. The van der Waals surface area contributed by atoms with Gasteiger partial charge in [-0.25, -0.2) is 4.79 Å². The van der Waals surface area contributed by atoms with Crippen molar-refractivity contribution in [2.24, 2.45) is 5.92 Å². The maximum atomic E-state index is 12.6. The molecule has 0 spiro atoms. The molecule has 2 atom stereocenters. The molecule has 8 nitrogen and oxygen atoms in total. The van der Waals surface area contributed by atoms with Crippen LogP contribution in [-0.2, 0) is 9.47 Å². The third-order valence-corrected chi connectivity index (χ3v) is 5.39. The lowest BCUT2D eigenvalue weighted by atomic mass is 9.94. The van der Waals surface area contributed by atoms with E-state index in [1.54, 1.807) is 7.11 Å². The molecule has 0 amide bonds. The number of ether oxygens (including phenoxy) is 4. The highest BCUT2D eigenvalue weighted by molar-refractivity contribution is 6.34. The minimum Gasteiger partial charge on any atom is -0.485 e. The van der Waals surface area contributed by atoms with Gasteiger partial charge in [0.05, 0.1) is 23.4 Å². The molecule has 0 bridgehead atoms. The fraction of sp³-hybridized carbons (Fsp3) is 0.632. The molecule has 0 unspecified atom stereocenters. The molecule has 2 aliphatic rings. The van der Waals surface area contributed by atoms with Crippen LogP contribution in [0.25, 0.3) is 0 Å². The monoisotopic (exact) mass is 414 g/mol. The largest absolute Gasteiger partial charge is 0.485 e. The fourth-order valence-corrected chi connectivity index (χ4v) is 3.68. The molecule has 2 aliphatic heterocycles. The smallest absolute Gasteiger partial charge is 0.342 e. The van der Waals surface area contributed by atoms with Crippen molar-refractivity contribution in [3.63, 3.8) is 0 Å². The highest BCUT2D eigenvalue weighted by atomic mass is 35.5. The Morgan fingerprint density at radius 1 is 1.39 bits per heavy atom. The number of carbonyl (C=O) groups excluding carboxylic acids is 1. The molecule has 2 heterocycles. The van der Waals surface area contributed by atoms with Gasteiger partial charge in [-0.2, -0.15) is 0 Å². The molecule has 1 fully saturated rings. The van der Waals surface area contributed by atoms with Crippen LogP contribution >= 0.6 is 11.6 Å². The zero-order valence-corrected chi connectivity index (χ0v) is 16.7. The van der Waals surface area contributed by atoms with Gasteiger partial charge in [0.2, 0.25) is 0 Å². The van der Waals surface area contributed by atoms with E-state index in [4.69, 9.17) is 36.3 Å². The second-order valence-corrected chi connectivity index (χ2v) is 7.44. The molecule has 1 aromatic carbocycles. The van der Waals surface area contributed by atoms with E-state index in [-0.39, 0.29) is 40.3 Å². The van der Waals surface area contributed by atoms with Gasteiger partial charge in [-0.15, -0.1) is 0 Å². The third-order valence-electron chi connectivity index (χ3n) is 5.08. The van der Waals surface area contributed by atoms with Crippen molar-refractivity contribution in [3.05, 3.63) is 16.7 Å². The van der Waals surface area contributed by atoms with Gasteiger partial charge in [0.1, 0.15) is 18.8 Å². The molecule has 3 rings (SSSR count). The van der Waals surface area contributed by atoms with Crippen LogP contribution in [0.4, 0.5) is 5.69 Å². The number of aliphatic hydroxyl groups is 1. The number of likely N-dealkylation sites (tertiary alicyclic amines) is 1. The van der Waals surface area contributed by atoms with Crippen molar-refractivity contribution in [2.75, 3.05) is 58.9 Å². The number of nitrogen functional groups attached to an aromatic ring is 1. The topological polar surface area (TPSA) is 103 Å². The Morgan fingerprint density at radius 2 is 2.14 bits per heavy atom. The maximum absolute atomic E-state index is 12.6. The summed E-state index contributed by atoms with van der Waals surface area (Å²) in [5.41, 5.74) is 6.32. The Bertz CT molecular complexity index is 701. The van der Waals surface area contributed by atoms with E-state index in [0.717, 1.165) is 25.9 Å². The summed E-state index contributed by atoms with van der Waals surface area (Å²) in [6.45, 7) is 3.77. The number of β-amino-alcohol motifs (C(OH)–C–C–N with tert-alkyl or cyclic N) is 1. The molecule has 0 aromatic heterocycles. The predicted molar refractivity (Wildman–Crippen MR) is 104 cm³/mol. The van der Waals surface area contributed by atoms with E-state index in [0.29, 0.717) is 26.4 Å². The minimum atomic E-state index is -0.571. The van der Waals surface area contributed by atoms with Gasteiger partial charge < -0.3 is 34.7 Å². The molecular formula is C19H27ClN2O6. The number of hydrogen-bond donors (Lipinski definition) is 2. The van der Waals surface area contributed by atoms with Crippen LogP contribution in [-0.4, -0.2) is 75.3 Å². The van der Waals surface area contributed by atoms with Crippen LogP contribution in [0.1, 0.15) is 23.2 Å². The minimum absolute atomic E-state index is 0.111. The molecule has 3 N–H and O–H groups in total. The number of anilines is 1. The summed E-state index contributed by atoms with van der Waals surface area (Å²) in [6, 6.07) is 1.43. The summed E-state index contributed by atoms with van der Waals surface area (Å²) in [5, 5.41) is 10.6. The highest BCUT2D eigenvalue weighted by Gasteiger charge is 2.30. The number of halogens is 1. The lowest BCUT2D eigenvalue weighted by Gasteiger charge is -2.35. The van der Waals surface area contributed by atoms with Crippen molar-refractivity contribution in [1.82, 2.24) is 4.90 Å². The first-order chi connectivity index (χ1) is 13.5. The summed E-state index contributed by atoms with van der Waals surface area (Å²) in [6.07, 6.45) is 1.13. The first-order valence-electron chi connectivity index (χ1n) is 9.45. The molecule has 9 heteroatoms. The normalized spacial score (nSPS) is 22.1. The Labute approximate surface area is 169 Å². The van der Waals surface area contributed by atoms with Crippen LogP contribution in [0, 0.1) is 5.92 Å². The zero-order chi connectivity index (χ0) is 20.1. The first-order valence-corrected chi connectivity index (χ1v) is 9.83. The van der Waals surface area contributed by atoms with E-state index >= 15 is 0 Å². The summed E-state index contributed by atoms with van der Waals surface area (Å²) in [5.74, 6) is -0.153. The molecule has 0 saturated carbocycles. The SMILES string of the molecule is COCCCN1CC[C@H](COC(=O)c2cc(Cl)c(N)c3c2OCCO3)[C@@H](O)C1. The van der Waals surface area contributed by atoms with Crippen LogP contribution in [0.5, 0.6) is 11.5 Å². The van der Waals surface area contributed by atoms with Gasteiger partial charge in [-0.3, -0.25) is 0 Å². The standard InChI is InChI=1S/C19H27ClN2O6/c1-25-6-2-4-22-5-3-12(15(23)10-22)11-28-19(24)13-9-14(20)16(21)18-17(13)26-7-8-27-18/h9,12,15,23H,2-8,10-11,21H2,1H3/t12-,15+/m1/s1. The number of nitrogens with zero attached hydrogens (tertiary/aromatic N) is 1. The van der Waals surface area contributed by atoms with Crippen molar-refractivity contribution in [2.45, 2.75) is 18.9 Å². The van der Waals surface area contributed by atoms with Crippen LogP contribution < -0.4 is 15.2 Å². The molecule has 0 aliphatic carbocycles. The number of nitrogens with two attached hydrogens (primary N) is 1. The number of carbonyl (C=O) groups is 1. The Kier molecular flexibility index (Phi) is 7.23. The van der Waals surface area contributed by atoms with Crippen molar-refractivity contribution in [3.8, 4) is 11.5 Å². The number of rotatable bonds is 7. The van der Waals surface area contributed by atoms with Gasteiger partial charge in [0, 0.05) is 32.7 Å². The number of methoxy groups -OCH3 is 1. The average molecular weight is 415 g/mol. The van der Waals surface area contributed by atoms with E-state index in [1.807, 2.05) is 0 Å². The Morgan fingerprint density at radius 3 is 2.86 bits per heavy atom. The molecule has 1 saturated heterocycles. The summed E-state index contributed by atoms with van der Waals surface area (Å²) in [7, 11) is 1.68. The highest BCUT2D eigenvalue weighted by Crippen LogP contribution is 2.43. The van der Waals surface area contributed by atoms with Gasteiger partial charge in [-0.05, 0) is 25.5 Å². The third kappa shape index (κ3) is 4.81. The Balaban J connectivity index is 1.57. The average Bonchev–Trinajstić information content (AvgIpc) is 2.70. The lowest BCUT2D eigenvalue weighted by Crippen LogP contribution is -2.45. The molecule has 0 radical (unpaired) electrons. The number of aliphatic hydroxyl groups excluding tert-OH is 1. The fourth-order valence-electron chi connectivity index (χ4n) is 3.48. The first kappa shape index (κ1) is 21.0. The quantitative estimate of drug-likeness (QED) is 0.393. The van der Waals surface area contributed by atoms with Crippen LogP contribution in [0.2, 0.25) is 5.02 Å². The maximum Gasteiger partial charge on any atom is 0.342 e. The Hall–Kier alpha value is -1.74. The second-order valence-electron chi connectivity index (χ2n) is 7.04. The van der Waals surface area contributed by atoms with Crippen LogP contribution in [0.15, 0.2) is 6.07 Å². The number of hydrogen-bond acceptors (Lipinski definition) is 8. The summed E-state index contributed by atoms with van der Waals surface area (Å²) < 4.78 is 21.6. The molecule has 156 valence electrons. The number of fused-ring (bicyclic) bond motifs is 1. The molecule has 28 heavy (non-hydrogen) atoms. The predicted octanol–water partition coefficient (Wildman–Crippen LogP) is 1.57. The van der Waals surface area contributed by atoms with Crippen LogP contribution in [0.3, 0.4) is 0 Å². The van der Waals surface area contributed by atoms with E-state index in [9.17, 15) is 9.90 Å². The number of benzene rings is 1. The number of esters is 1. The second kappa shape index (κ2) is 9.65. The van der Waals surface area contributed by atoms with Crippen molar-refractivity contribution < 1.29 is 28.8 Å². The van der Waals surface area contributed by atoms with Gasteiger partial charge in [0.15, 0.2) is 11.5 Å².